The molecule has 0 spiro atoms. The van der Waals surface area contributed by atoms with Crippen LogP contribution in [0.1, 0.15) is 45.4 Å². The molecule has 0 aliphatic heterocycles. The Hall–Kier alpha value is -1.29. The van der Waals surface area contributed by atoms with E-state index in [1.165, 1.54) is 23.5 Å². The van der Waals surface area contributed by atoms with Crippen molar-refractivity contribution < 1.29 is 13.2 Å². The highest BCUT2D eigenvalue weighted by Crippen LogP contribution is 2.33. The molecule has 0 fully saturated rings. The maximum Gasteiger partial charge on any atom is 0.416 e. The number of hydrogen-bond acceptors (Lipinski definition) is 1. The van der Waals surface area contributed by atoms with E-state index in [2.05, 4.69) is 0 Å². The molecule has 0 saturated carbocycles. The average Bonchev–Trinajstić information content (AvgIpc) is 2.97. The van der Waals surface area contributed by atoms with E-state index < -0.39 is 11.7 Å². The molecule has 122 valence electrons. The Balaban J connectivity index is 3.29. The minimum Gasteiger partial charge on any atom is -0.166 e. The fourth-order valence-electron chi connectivity index (χ4n) is 1.98. The van der Waals surface area contributed by atoms with Gasteiger partial charge in [0.05, 0.1) is 5.57 Å². The van der Waals surface area contributed by atoms with E-state index in [1.807, 2.05) is 44.4 Å². The number of halogens is 3. The lowest BCUT2D eigenvalue weighted by Crippen LogP contribution is -2.11. The maximum atomic E-state index is 13.4. The molecule has 0 nitrogen and oxygen atoms in total. The van der Waals surface area contributed by atoms with E-state index in [9.17, 15) is 13.2 Å². The predicted octanol–water partition coefficient (Wildman–Crippen LogP) is 7.02. The van der Waals surface area contributed by atoms with Crippen molar-refractivity contribution in [2.75, 3.05) is 0 Å². The highest BCUT2D eigenvalue weighted by Gasteiger charge is 2.32. The van der Waals surface area contributed by atoms with Crippen LogP contribution in [0.25, 0.3) is 5.57 Å². The first-order chi connectivity index (χ1) is 10.3. The largest absolute Gasteiger partial charge is 0.416 e. The van der Waals surface area contributed by atoms with Crippen molar-refractivity contribution in [1.82, 2.24) is 0 Å². The highest BCUT2D eigenvalue weighted by molar-refractivity contribution is 7.11. The van der Waals surface area contributed by atoms with Crippen LogP contribution < -0.4 is 0 Å². The van der Waals surface area contributed by atoms with Crippen molar-refractivity contribution in [2.45, 2.75) is 46.7 Å². The van der Waals surface area contributed by atoms with E-state index in [-0.39, 0.29) is 5.92 Å². The van der Waals surface area contributed by atoms with Gasteiger partial charge in [-0.05, 0) is 48.8 Å². The molecule has 1 heterocycles. The van der Waals surface area contributed by atoms with Gasteiger partial charge in [-0.25, -0.2) is 0 Å². The van der Waals surface area contributed by atoms with Crippen LogP contribution >= 0.6 is 11.3 Å². The van der Waals surface area contributed by atoms with Crippen LogP contribution in [0.5, 0.6) is 0 Å². The molecule has 0 amide bonds. The van der Waals surface area contributed by atoms with Crippen molar-refractivity contribution in [3.8, 4) is 0 Å². The van der Waals surface area contributed by atoms with Gasteiger partial charge in [0, 0.05) is 4.88 Å². The Labute approximate surface area is 135 Å². The molecule has 1 aromatic rings. The second-order valence-corrected chi connectivity index (χ2v) is 6.29. The number of allylic oxidation sites excluding steroid dienone is 6. The number of rotatable bonds is 6. The fourth-order valence-corrected chi connectivity index (χ4v) is 2.71. The van der Waals surface area contributed by atoms with Gasteiger partial charge >= 0.3 is 6.18 Å². The molecule has 0 aliphatic rings. The summed E-state index contributed by atoms with van der Waals surface area (Å²) in [5.41, 5.74) is 0.810. The number of hydrogen-bond donors (Lipinski definition) is 0. The Morgan fingerprint density at radius 2 is 1.95 bits per heavy atom. The third-order valence-electron chi connectivity index (χ3n) is 3.64. The molecular formula is C18H23F3S. The zero-order chi connectivity index (χ0) is 16.8. The van der Waals surface area contributed by atoms with Gasteiger partial charge in [-0.15, -0.1) is 11.3 Å². The average molecular weight is 328 g/mol. The standard InChI is InChI=1S/C18H23F3S/c1-5-8-15(17-9-7-10-22-17)12-16(18(19,20)21)11-14(4)13(3)6-2/h7-13H,5-6H2,1-4H3/b14-11+,15-8-,16-12+. The molecule has 0 saturated heterocycles. The molecule has 22 heavy (non-hydrogen) atoms. The highest BCUT2D eigenvalue weighted by atomic mass is 32.1. The molecule has 0 radical (unpaired) electrons. The summed E-state index contributed by atoms with van der Waals surface area (Å²) >= 11 is 1.45. The minimum absolute atomic E-state index is 0.145. The first-order valence-electron chi connectivity index (χ1n) is 7.50. The van der Waals surface area contributed by atoms with Crippen LogP contribution in [0.15, 0.2) is 46.9 Å². The zero-order valence-electron chi connectivity index (χ0n) is 13.5. The normalized spacial score (nSPS) is 16.0. The third kappa shape index (κ3) is 5.48. The lowest BCUT2D eigenvalue weighted by molar-refractivity contribution is -0.0882. The maximum absolute atomic E-state index is 13.4. The van der Waals surface area contributed by atoms with Gasteiger partial charge in [0.1, 0.15) is 0 Å². The van der Waals surface area contributed by atoms with Gasteiger partial charge in [0.15, 0.2) is 0 Å². The summed E-state index contributed by atoms with van der Waals surface area (Å²) in [6.45, 7) is 7.62. The molecule has 0 aromatic carbocycles. The summed E-state index contributed by atoms with van der Waals surface area (Å²) in [6, 6.07) is 3.70. The first-order valence-corrected chi connectivity index (χ1v) is 8.38. The van der Waals surface area contributed by atoms with Gasteiger partial charge in [-0.3, -0.25) is 0 Å². The lowest BCUT2D eigenvalue weighted by atomic mass is 9.96. The van der Waals surface area contributed by atoms with Crippen LogP contribution in [-0.2, 0) is 0 Å². The van der Waals surface area contributed by atoms with Gasteiger partial charge < -0.3 is 0 Å². The molecule has 4 heteroatoms. The first kappa shape index (κ1) is 18.8. The van der Waals surface area contributed by atoms with E-state index in [4.69, 9.17) is 0 Å². The minimum atomic E-state index is -4.35. The quantitative estimate of drug-likeness (QED) is 0.492. The van der Waals surface area contributed by atoms with Gasteiger partial charge in [-0.1, -0.05) is 44.6 Å². The predicted molar refractivity (Wildman–Crippen MR) is 89.9 cm³/mol. The van der Waals surface area contributed by atoms with Gasteiger partial charge in [0.2, 0.25) is 0 Å². The Morgan fingerprint density at radius 3 is 2.41 bits per heavy atom. The summed E-state index contributed by atoms with van der Waals surface area (Å²) in [4.78, 5) is 0.859. The molecule has 0 aliphatic carbocycles. The van der Waals surface area contributed by atoms with E-state index in [1.54, 1.807) is 6.92 Å². The Kier molecular flexibility index (Phi) is 7.14. The zero-order valence-corrected chi connectivity index (χ0v) is 14.3. The van der Waals surface area contributed by atoms with Crippen LogP contribution in [0.2, 0.25) is 0 Å². The summed E-state index contributed by atoms with van der Waals surface area (Å²) in [7, 11) is 0. The summed E-state index contributed by atoms with van der Waals surface area (Å²) in [5, 5.41) is 1.88. The van der Waals surface area contributed by atoms with Crippen molar-refractivity contribution >= 4 is 16.9 Å². The van der Waals surface area contributed by atoms with Gasteiger partial charge in [0.25, 0.3) is 0 Å². The van der Waals surface area contributed by atoms with Crippen LogP contribution in [0, 0.1) is 5.92 Å². The summed E-state index contributed by atoms with van der Waals surface area (Å²) in [6.07, 6.45) is 1.56. The Morgan fingerprint density at radius 1 is 1.27 bits per heavy atom. The molecule has 1 aromatic heterocycles. The molecule has 1 rings (SSSR count). The summed E-state index contributed by atoms with van der Waals surface area (Å²) in [5.74, 6) is 0.145. The fraction of sp³-hybridized carbons (Fsp3) is 0.444. The topological polar surface area (TPSA) is 0 Å². The second kappa shape index (κ2) is 8.37. The van der Waals surface area contributed by atoms with E-state index in [0.717, 1.165) is 16.9 Å². The lowest BCUT2D eigenvalue weighted by Gasteiger charge is -2.14. The SMILES string of the molecule is CC/C=C(/C=C(\C=C(/C)C(C)CC)C(F)(F)F)c1cccs1. The molecule has 1 atom stereocenters. The van der Waals surface area contributed by atoms with Crippen molar-refractivity contribution in [3.05, 3.63) is 51.8 Å². The number of thiophene rings is 1. The van der Waals surface area contributed by atoms with Crippen molar-refractivity contribution in [1.29, 1.82) is 0 Å². The monoisotopic (exact) mass is 328 g/mol. The van der Waals surface area contributed by atoms with E-state index >= 15 is 0 Å². The molecule has 0 bridgehead atoms. The molecule has 0 N–H and O–H groups in total. The van der Waals surface area contributed by atoms with Gasteiger partial charge in [-0.2, -0.15) is 13.2 Å². The molecular weight excluding hydrogens is 305 g/mol. The second-order valence-electron chi connectivity index (χ2n) is 5.34. The van der Waals surface area contributed by atoms with Crippen molar-refractivity contribution in [2.24, 2.45) is 5.92 Å². The van der Waals surface area contributed by atoms with Crippen molar-refractivity contribution in [3.63, 3.8) is 0 Å². The van der Waals surface area contributed by atoms with Crippen LogP contribution in [0.3, 0.4) is 0 Å². The van der Waals surface area contributed by atoms with Crippen LogP contribution in [0.4, 0.5) is 13.2 Å². The third-order valence-corrected chi connectivity index (χ3v) is 4.56. The Bertz CT molecular complexity index is 545. The van der Waals surface area contributed by atoms with Crippen LogP contribution in [-0.4, -0.2) is 6.18 Å². The molecule has 1 unspecified atom stereocenters. The smallest absolute Gasteiger partial charge is 0.166 e. The number of alkyl halides is 3. The van der Waals surface area contributed by atoms with E-state index in [0.29, 0.717) is 12.0 Å². The summed E-state index contributed by atoms with van der Waals surface area (Å²) < 4.78 is 40.1.